The molecule has 2 aromatic rings. The van der Waals surface area contributed by atoms with E-state index in [0.29, 0.717) is 6.42 Å². The first kappa shape index (κ1) is 12.2. The van der Waals surface area contributed by atoms with E-state index >= 15 is 0 Å². The standard InChI is InChI=1S/C15H19N3O/c1-3-14(19)18-10-6-9-13(18)15-16-11-7-4-5-8-12(11)17(15)2/h4-5,7-8,13H,3,6,9-10H2,1-2H3/t13-/m0/s1. The minimum Gasteiger partial charge on any atom is -0.333 e. The van der Waals surface area contributed by atoms with E-state index in [0.717, 1.165) is 36.2 Å². The van der Waals surface area contributed by atoms with E-state index in [1.807, 2.05) is 37.1 Å². The normalized spacial score (nSPS) is 19.3. The maximum atomic E-state index is 12.0. The highest BCUT2D eigenvalue weighted by atomic mass is 16.2. The lowest BCUT2D eigenvalue weighted by atomic mass is 10.2. The van der Waals surface area contributed by atoms with E-state index in [2.05, 4.69) is 10.6 Å². The molecule has 1 amide bonds. The van der Waals surface area contributed by atoms with Crippen LogP contribution in [-0.2, 0) is 11.8 Å². The van der Waals surface area contributed by atoms with E-state index in [4.69, 9.17) is 4.98 Å². The van der Waals surface area contributed by atoms with Crippen LogP contribution in [-0.4, -0.2) is 26.9 Å². The molecular formula is C15H19N3O. The zero-order valence-electron chi connectivity index (χ0n) is 11.5. The lowest BCUT2D eigenvalue weighted by Gasteiger charge is -2.23. The predicted molar refractivity (Wildman–Crippen MR) is 74.7 cm³/mol. The molecule has 3 rings (SSSR count). The molecule has 1 saturated heterocycles. The number of benzene rings is 1. The van der Waals surface area contributed by atoms with Gasteiger partial charge in [-0.2, -0.15) is 0 Å². The van der Waals surface area contributed by atoms with Gasteiger partial charge >= 0.3 is 0 Å². The highest BCUT2D eigenvalue weighted by Crippen LogP contribution is 2.33. The Kier molecular flexibility index (Phi) is 3.01. The summed E-state index contributed by atoms with van der Waals surface area (Å²) in [6.07, 6.45) is 2.66. The fourth-order valence-electron chi connectivity index (χ4n) is 3.00. The Balaban J connectivity index is 2.04. The maximum absolute atomic E-state index is 12.0. The van der Waals surface area contributed by atoms with Crippen LogP contribution in [0.5, 0.6) is 0 Å². The van der Waals surface area contributed by atoms with E-state index in [1.54, 1.807) is 0 Å². The van der Waals surface area contributed by atoms with E-state index in [9.17, 15) is 4.79 Å². The van der Waals surface area contributed by atoms with Crippen molar-refractivity contribution in [2.45, 2.75) is 32.2 Å². The summed E-state index contributed by atoms with van der Waals surface area (Å²) in [5.41, 5.74) is 2.14. The van der Waals surface area contributed by atoms with Crippen LogP contribution in [0, 0.1) is 0 Å². The Morgan fingerprint density at radius 2 is 2.21 bits per heavy atom. The Morgan fingerprint density at radius 1 is 1.42 bits per heavy atom. The number of aromatic nitrogens is 2. The first-order valence-electron chi connectivity index (χ1n) is 6.93. The van der Waals surface area contributed by atoms with Crippen LogP contribution < -0.4 is 0 Å². The van der Waals surface area contributed by atoms with Gasteiger partial charge < -0.3 is 9.47 Å². The van der Waals surface area contributed by atoms with E-state index < -0.39 is 0 Å². The fraction of sp³-hybridized carbons (Fsp3) is 0.467. The molecule has 4 heteroatoms. The lowest BCUT2D eigenvalue weighted by Crippen LogP contribution is -2.31. The molecule has 100 valence electrons. The van der Waals surface area contributed by atoms with E-state index in [1.165, 1.54) is 0 Å². The average molecular weight is 257 g/mol. The van der Waals surface area contributed by atoms with Crippen molar-refractivity contribution < 1.29 is 4.79 Å². The second-order valence-corrected chi connectivity index (χ2v) is 5.12. The first-order valence-corrected chi connectivity index (χ1v) is 6.93. The number of hydrogen-bond acceptors (Lipinski definition) is 2. The van der Waals surface area contributed by atoms with Crippen LogP contribution in [0.25, 0.3) is 11.0 Å². The van der Waals surface area contributed by atoms with Gasteiger partial charge in [0.2, 0.25) is 5.91 Å². The monoisotopic (exact) mass is 257 g/mol. The minimum atomic E-state index is 0.143. The van der Waals surface area contributed by atoms with Crippen LogP contribution in [0.15, 0.2) is 24.3 Å². The number of hydrogen-bond donors (Lipinski definition) is 0. The molecule has 0 aliphatic carbocycles. The largest absolute Gasteiger partial charge is 0.333 e. The van der Waals surface area contributed by atoms with E-state index in [-0.39, 0.29) is 11.9 Å². The Labute approximate surface area is 113 Å². The van der Waals surface area contributed by atoms with Crippen molar-refractivity contribution in [2.75, 3.05) is 6.54 Å². The SMILES string of the molecule is CCC(=O)N1CCC[C@H]1c1nc2ccccc2n1C. The molecule has 0 radical (unpaired) electrons. The molecule has 0 unspecified atom stereocenters. The summed E-state index contributed by atoms with van der Waals surface area (Å²) in [6.45, 7) is 2.78. The molecule has 1 aromatic heterocycles. The van der Waals surface area contributed by atoms with Crippen LogP contribution in [0.1, 0.15) is 38.1 Å². The molecule has 0 bridgehead atoms. The summed E-state index contributed by atoms with van der Waals surface area (Å²) in [4.78, 5) is 18.7. The van der Waals surface area contributed by atoms with Gasteiger partial charge in [-0.3, -0.25) is 4.79 Å². The van der Waals surface area contributed by atoms with Gasteiger partial charge in [-0.05, 0) is 25.0 Å². The van der Waals surface area contributed by atoms with Crippen molar-refractivity contribution in [1.82, 2.24) is 14.5 Å². The van der Waals surface area contributed by atoms with Crippen LogP contribution in [0.3, 0.4) is 0 Å². The molecule has 1 aromatic carbocycles. The molecule has 2 heterocycles. The van der Waals surface area contributed by atoms with Crippen molar-refractivity contribution in [2.24, 2.45) is 7.05 Å². The summed E-state index contributed by atoms with van der Waals surface area (Å²) in [5, 5.41) is 0. The van der Waals surface area contributed by atoms with Gasteiger partial charge in [-0.25, -0.2) is 4.98 Å². The summed E-state index contributed by atoms with van der Waals surface area (Å²) in [5.74, 6) is 1.25. The highest BCUT2D eigenvalue weighted by Gasteiger charge is 2.32. The summed E-state index contributed by atoms with van der Waals surface area (Å²) in [6, 6.07) is 8.27. The second-order valence-electron chi connectivity index (χ2n) is 5.12. The first-order chi connectivity index (χ1) is 9.22. The van der Waals surface area contributed by atoms with Gasteiger partial charge in [0, 0.05) is 20.0 Å². The number of fused-ring (bicyclic) bond motifs is 1. The van der Waals surface area contributed by atoms with Crippen LogP contribution in [0.4, 0.5) is 0 Å². The fourth-order valence-corrected chi connectivity index (χ4v) is 3.00. The predicted octanol–water partition coefficient (Wildman–Crippen LogP) is 2.65. The molecule has 0 saturated carbocycles. The molecule has 0 N–H and O–H groups in total. The van der Waals surface area contributed by atoms with Crippen molar-refractivity contribution in [3.8, 4) is 0 Å². The zero-order valence-corrected chi connectivity index (χ0v) is 11.5. The molecule has 19 heavy (non-hydrogen) atoms. The third-order valence-electron chi connectivity index (χ3n) is 4.00. The number of likely N-dealkylation sites (tertiary alicyclic amines) is 1. The number of imidazole rings is 1. The zero-order chi connectivity index (χ0) is 13.4. The van der Waals surface area contributed by atoms with Gasteiger partial charge in [0.15, 0.2) is 0 Å². The smallest absolute Gasteiger partial charge is 0.222 e. The highest BCUT2D eigenvalue weighted by molar-refractivity contribution is 5.78. The molecule has 1 aliphatic rings. The third-order valence-corrected chi connectivity index (χ3v) is 4.00. The van der Waals surface area contributed by atoms with Gasteiger partial charge in [0.05, 0.1) is 17.1 Å². The van der Waals surface area contributed by atoms with Crippen LogP contribution in [0.2, 0.25) is 0 Å². The molecule has 4 nitrogen and oxygen atoms in total. The molecular weight excluding hydrogens is 238 g/mol. The van der Waals surface area contributed by atoms with Crippen molar-refractivity contribution >= 4 is 16.9 Å². The number of para-hydroxylation sites is 2. The summed E-state index contributed by atoms with van der Waals surface area (Å²) in [7, 11) is 2.04. The lowest BCUT2D eigenvalue weighted by molar-refractivity contribution is -0.131. The summed E-state index contributed by atoms with van der Waals surface area (Å²) < 4.78 is 2.13. The molecule has 0 spiro atoms. The summed E-state index contributed by atoms with van der Waals surface area (Å²) >= 11 is 0. The van der Waals surface area contributed by atoms with Crippen molar-refractivity contribution in [3.05, 3.63) is 30.1 Å². The van der Waals surface area contributed by atoms with Gasteiger partial charge in [0.1, 0.15) is 5.82 Å². The van der Waals surface area contributed by atoms with Crippen LogP contribution >= 0.6 is 0 Å². The Bertz CT molecular complexity index is 617. The number of rotatable bonds is 2. The maximum Gasteiger partial charge on any atom is 0.222 e. The Hall–Kier alpha value is -1.84. The topological polar surface area (TPSA) is 38.1 Å². The molecule has 1 atom stereocenters. The minimum absolute atomic E-state index is 0.143. The molecule has 1 aliphatic heterocycles. The second kappa shape index (κ2) is 4.68. The van der Waals surface area contributed by atoms with Crippen molar-refractivity contribution in [3.63, 3.8) is 0 Å². The van der Waals surface area contributed by atoms with Gasteiger partial charge in [0.25, 0.3) is 0 Å². The number of nitrogens with zero attached hydrogens (tertiary/aromatic N) is 3. The average Bonchev–Trinajstić information content (AvgIpc) is 3.03. The van der Waals surface area contributed by atoms with Crippen molar-refractivity contribution in [1.29, 1.82) is 0 Å². The van der Waals surface area contributed by atoms with Gasteiger partial charge in [-0.1, -0.05) is 19.1 Å². The third kappa shape index (κ3) is 1.91. The number of amides is 1. The number of aryl methyl sites for hydroxylation is 1. The number of carbonyl (C=O) groups excluding carboxylic acids is 1. The number of carbonyl (C=O) groups is 1. The Morgan fingerprint density at radius 3 is 2.95 bits per heavy atom. The molecule has 1 fully saturated rings. The quantitative estimate of drug-likeness (QED) is 0.829. The van der Waals surface area contributed by atoms with Gasteiger partial charge in [-0.15, -0.1) is 0 Å².